The number of thiazole rings is 1. The fraction of sp³-hybridized carbons (Fsp3) is 0.286. The van der Waals surface area contributed by atoms with Crippen molar-refractivity contribution in [2.45, 2.75) is 33.1 Å². The van der Waals surface area contributed by atoms with Crippen LogP contribution in [-0.4, -0.2) is 16.8 Å². The van der Waals surface area contributed by atoms with E-state index in [0.29, 0.717) is 10.8 Å². The van der Waals surface area contributed by atoms with Gasteiger partial charge in [0.15, 0.2) is 5.13 Å². The summed E-state index contributed by atoms with van der Waals surface area (Å²) in [7, 11) is 0. The predicted molar refractivity (Wildman–Crippen MR) is 111 cm³/mol. The molecule has 5 nitrogen and oxygen atoms in total. The molecule has 0 aliphatic rings. The van der Waals surface area contributed by atoms with Crippen molar-refractivity contribution in [2.75, 3.05) is 10.6 Å². The van der Waals surface area contributed by atoms with E-state index in [9.17, 15) is 9.59 Å². The molecule has 0 saturated heterocycles. The third kappa shape index (κ3) is 4.52. The molecule has 140 valence electrons. The van der Waals surface area contributed by atoms with Crippen molar-refractivity contribution < 1.29 is 9.59 Å². The highest BCUT2D eigenvalue weighted by Gasteiger charge is 2.19. The molecule has 3 rings (SSSR count). The van der Waals surface area contributed by atoms with Crippen molar-refractivity contribution in [1.29, 1.82) is 0 Å². The lowest BCUT2D eigenvalue weighted by atomic mass is 9.95. The van der Waals surface area contributed by atoms with Crippen molar-refractivity contribution in [3.8, 4) is 0 Å². The molecule has 27 heavy (non-hydrogen) atoms. The van der Waals surface area contributed by atoms with Crippen LogP contribution in [0.3, 0.4) is 0 Å². The fourth-order valence-corrected chi connectivity index (χ4v) is 3.64. The number of hydrogen-bond donors (Lipinski definition) is 2. The molecular weight excluding hydrogens is 358 g/mol. The normalized spacial score (nSPS) is 12.1. The van der Waals surface area contributed by atoms with Gasteiger partial charge in [0.05, 0.1) is 16.1 Å². The first-order valence-corrected chi connectivity index (χ1v) is 9.87. The average Bonchev–Trinajstić information content (AvgIpc) is 3.04. The third-order valence-electron chi connectivity index (χ3n) is 4.34. The van der Waals surface area contributed by atoms with Crippen LogP contribution >= 0.6 is 11.3 Å². The van der Waals surface area contributed by atoms with Crippen LogP contribution in [0.4, 0.5) is 10.8 Å². The van der Waals surface area contributed by atoms with Crippen LogP contribution in [0.15, 0.2) is 48.5 Å². The summed E-state index contributed by atoms with van der Waals surface area (Å²) in [5.74, 6) is -0.392. The van der Waals surface area contributed by atoms with Crippen LogP contribution in [0, 0.1) is 5.92 Å². The minimum absolute atomic E-state index is 0.0355. The molecule has 0 aliphatic heterocycles. The van der Waals surface area contributed by atoms with Crippen LogP contribution in [0.1, 0.15) is 38.7 Å². The first-order chi connectivity index (χ1) is 13.0. The van der Waals surface area contributed by atoms with Crippen LogP contribution in [0.25, 0.3) is 10.2 Å². The molecule has 0 fully saturated rings. The minimum atomic E-state index is -0.196. The number of anilines is 2. The number of amides is 2. The molecule has 0 saturated carbocycles. The van der Waals surface area contributed by atoms with Gasteiger partial charge in [-0.25, -0.2) is 4.98 Å². The molecule has 3 aromatic rings. The average molecular weight is 382 g/mol. The van der Waals surface area contributed by atoms with Gasteiger partial charge in [-0.2, -0.15) is 0 Å². The Morgan fingerprint density at radius 1 is 1.04 bits per heavy atom. The van der Waals surface area contributed by atoms with E-state index in [4.69, 9.17) is 0 Å². The van der Waals surface area contributed by atoms with Gasteiger partial charge < -0.3 is 10.6 Å². The summed E-state index contributed by atoms with van der Waals surface area (Å²) in [5.41, 5.74) is 2.46. The second kappa shape index (κ2) is 8.31. The molecular formula is C21H23N3O2S. The summed E-state index contributed by atoms with van der Waals surface area (Å²) in [5, 5.41) is 6.38. The Hall–Kier alpha value is -2.73. The topological polar surface area (TPSA) is 71.1 Å². The summed E-state index contributed by atoms with van der Waals surface area (Å²) >= 11 is 1.42. The number of rotatable bonds is 6. The summed E-state index contributed by atoms with van der Waals surface area (Å²) in [6.45, 7) is 5.69. The zero-order valence-corrected chi connectivity index (χ0v) is 16.5. The largest absolute Gasteiger partial charge is 0.325 e. The van der Waals surface area contributed by atoms with Crippen molar-refractivity contribution >= 4 is 44.2 Å². The van der Waals surface area contributed by atoms with Gasteiger partial charge in [0.25, 0.3) is 0 Å². The van der Waals surface area contributed by atoms with E-state index in [1.165, 1.54) is 11.3 Å². The fourth-order valence-electron chi connectivity index (χ4n) is 2.80. The van der Waals surface area contributed by atoms with Gasteiger partial charge in [-0.05, 0) is 30.2 Å². The maximum atomic E-state index is 12.7. The maximum Gasteiger partial charge on any atom is 0.231 e. The number of benzene rings is 2. The summed E-state index contributed by atoms with van der Waals surface area (Å²) < 4.78 is 0.960. The van der Waals surface area contributed by atoms with Crippen molar-refractivity contribution in [3.05, 3.63) is 54.1 Å². The van der Waals surface area contributed by atoms with Gasteiger partial charge >= 0.3 is 0 Å². The van der Waals surface area contributed by atoms with Crippen molar-refractivity contribution in [3.63, 3.8) is 0 Å². The molecule has 1 heterocycles. The zero-order chi connectivity index (χ0) is 19.4. The highest BCUT2D eigenvalue weighted by Crippen LogP contribution is 2.29. The molecule has 2 amide bonds. The molecule has 6 heteroatoms. The minimum Gasteiger partial charge on any atom is -0.325 e. The SMILES string of the molecule is CC[C@@H](C(=O)Nc1ccc2sc(NC(=O)C(C)C)nc2c1)c1ccccc1. The second-order valence-corrected chi connectivity index (χ2v) is 7.74. The highest BCUT2D eigenvalue weighted by molar-refractivity contribution is 7.22. The van der Waals surface area contributed by atoms with Gasteiger partial charge in [0, 0.05) is 11.6 Å². The summed E-state index contributed by atoms with van der Waals surface area (Å²) in [4.78, 5) is 29.0. The number of carbonyl (C=O) groups is 2. The van der Waals surface area contributed by atoms with Gasteiger partial charge in [0.2, 0.25) is 11.8 Å². The molecule has 2 aromatic carbocycles. The Morgan fingerprint density at radius 3 is 2.44 bits per heavy atom. The smallest absolute Gasteiger partial charge is 0.231 e. The number of aromatic nitrogens is 1. The van der Waals surface area contributed by atoms with Gasteiger partial charge in [0.1, 0.15) is 0 Å². The lowest BCUT2D eigenvalue weighted by Crippen LogP contribution is -2.20. The number of nitrogens with one attached hydrogen (secondary N) is 2. The second-order valence-electron chi connectivity index (χ2n) is 6.71. The van der Waals surface area contributed by atoms with E-state index in [1.807, 2.05) is 69.3 Å². The number of nitrogens with zero attached hydrogens (tertiary/aromatic N) is 1. The van der Waals surface area contributed by atoms with E-state index < -0.39 is 0 Å². The Kier molecular flexibility index (Phi) is 5.86. The zero-order valence-electron chi connectivity index (χ0n) is 15.7. The van der Waals surface area contributed by atoms with Gasteiger partial charge in [-0.15, -0.1) is 0 Å². The van der Waals surface area contributed by atoms with Crippen molar-refractivity contribution in [1.82, 2.24) is 4.98 Å². The molecule has 0 unspecified atom stereocenters. The van der Waals surface area contributed by atoms with E-state index >= 15 is 0 Å². The van der Waals surface area contributed by atoms with Gasteiger partial charge in [-0.3, -0.25) is 9.59 Å². The number of hydrogen-bond acceptors (Lipinski definition) is 4. The van der Waals surface area contributed by atoms with E-state index in [2.05, 4.69) is 15.6 Å². The van der Waals surface area contributed by atoms with Crippen LogP contribution in [0.2, 0.25) is 0 Å². The molecule has 0 spiro atoms. The molecule has 0 aliphatic carbocycles. The van der Waals surface area contributed by atoms with Gasteiger partial charge in [-0.1, -0.05) is 62.4 Å². The van der Waals surface area contributed by atoms with Crippen LogP contribution in [0.5, 0.6) is 0 Å². The first-order valence-electron chi connectivity index (χ1n) is 9.05. The van der Waals surface area contributed by atoms with E-state index in [1.54, 1.807) is 0 Å². The number of fused-ring (bicyclic) bond motifs is 1. The Morgan fingerprint density at radius 2 is 1.78 bits per heavy atom. The first kappa shape index (κ1) is 19.0. The van der Waals surface area contributed by atoms with E-state index in [0.717, 1.165) is 22.2 Å². The lowest BCUT2D eigenvalue weighted by molar-refractivity contribution is -0.119. The maximum absolute atomic E-state index is 12.7. The molecule has 0 radical (unpaired) electrons. The molecule has 1 aromatic heterocycles. The summed E-state index contributed by atoms with van der Waals surface area (Å²) in [6, 6.07) is 15.4. The Bertz CT molecular complexity index is 950. The van der Waals surface area contributed by atoms with Crippen molar-refractivity contribution in [2.24, 2.45) is 5.92 Å². The highest BCUT2D eigenvalue weighted by atomic mass is 32.1. The predicted octanol–water partition coefficient (Wildman–Crippen LogP) is 5.02. The number of carbonyl (C=O) groups excluding carboxylic acids is 2. The van der Waals surface area contributed by atoms with E-state index in [-0.39, 0.29) is 23.7 Å². The van der Waals surface area contributed by atoms with Crippen LogP contribution in [-0.2, 0) is 9.59 Å². The molecule has 1 atom stereocenters. The third-order valence-corrected chi connectivity index (χ3v) is 5.29. The quantitative estimate of drug-likeness (QED) is 0.629. The molecule has 0 bridgehead atoms. The van der Waals surface area contributed by atoms with Crippen LogP contribution < -0.4 is 10.6 Å². The Balaban J connectivity index is 1.76. The lowest BCUT2D eigenvalue weighted by Gasteiger charge is -2.15. The molecule has 2 N–H and O–H groups in total. The standard InChI is InChI=1S/C21H23N3O2S/c1-4-16(14-8-6-5-7-9-14)20(26)22-15-10-11-18-17(12-15)23-21(27-18)24-19(25)13(2)3/h5-13,16H,4H2,1-3H3,(H,22,26)(H,23,24,25)/t16-/m1/s1. The monoisotopic (exact) mass is 381 g/mol. The Labute approximate surface area is 162 Å². The summed E-state index contributed by atoms with van der Waals surface area (Å²) in [6.07, 6.45) is 0.722.